The van der Waals surface area contributed by atoms with Crippen molar-refractivity contribution in [2.24, 2.45) is 0 Å². The van der Waals surface area contributed by atoms with Crippen LogP contribution in [-0.2, 0) is 11.3 Å². The van der Waals surface area contributed by atoms with E-state index in [2.05, 4.69) is 36.0 Å². The van der Waals surface area contributed by atoms with Gasteiger partial charge in [-0.1, -0.05) is 27.7 Å². The first-order valence-electron chi connectivity index (χ1n) is 8.74. The lowest BCUT2D eigenvalue weighted by Gasteiger charge is -2.09. The number of halogens is 1. The lowest BCUT2D eigenvalue weighted by Crippen LogP contribution is -2.15. The van der Waals surface area contributed by atoms with Gasteiger partial charge < -0.3 is 9.73 Å². The van der Waals surface area contributed by atoms with Crippen molar-refractivity contribution in [2.45, 2.75) is 37.4 Å². The highest BCUT2D eigenvalue weighted by Gasteiger charge is 2.30. The molecular weight excluding hydrogens is 428 g/mol. The summed E-state index contributed by atoms with van der Waals surface area (Å²) in [6.45, 7) is 2.58. The number of nitrogens with one attached hydrogen (secondary N) is 1. The summed E-state index contributed by atoms with van der Waals surface area (Å²) in [4.78, 5) is 12.3. The van der Waals surface area contributed by atoms with E-state index in [1.807, 2.05) is 37.3 Å². The van der Waals surface area contributed by atoms with Crippen LogP contribution in [0.15, 0.2) is 50.6 Å². The topological polar surface area (TPSA) is 73.0 Å². The summed E-state index contributed by atoms with van der Waals surface area (Å²) < 4.78 is 8.56. The van der Waals surface area contributed by atoms with E-state index in [0.29, 0.717) is 12.5 Å². The van der Waals surface area contributed by atoms with Crippen LogP contribution in [0.1, 0.15) is 35.9 Å². The molecule has 0 atom stereocenters. The van der Waals surface area contributed by atoms with E-state index in [9.17, 15) is 4.79 Å². The van der Waals surface area contributed by atoms with Crippen LogP contribution in [0.25, 0.3) is 0 Å². The number of aromatic nitrogens is 3. The van der Waals surface area contributed by atoms with E-state index in [-0.39, 0.29) is 11.7 Å². The molecule has 0 radical (unpaired) electrons. The minimum absolute atomic E-state index is 0.0674. The van der Waals surface area contributed by atoms with Crippen LogP contribution in [0, 0.1) is 6.92 Å². The molecule has 1 saturated carbocycles. The standard InChI is InChI=1S/C19H19BrN4O2S/c1-12-9-14(6-7-16(12)20)21-17(25)11-27-19-23-22-18(13-4-5-13)24(19)10-15-3-2-8-26-15/h2-3,6-9,13H,4-5,10-11H2,1H3,(H,21,25). The number of anilines is 1. The Morgan fingerprint density at radius 2 is 2.22 bits per heavy atom. The molecule has 27 heavy (non-hydrogen) atoms. The largest absolute Gasteiger partial charge is 0.467 e. The van der Waals surface area contributed by atoms with Crippen LogP contribution in [0.2, 0.25) is 0 Å². The number of hydrogen-bond donors (Lipinski definition) is 1. The number of furan rings is 1. The number of thioether (sulfide) groups is 1. The molecule has 1 N–H and O–H groups in total. The zero-order valence-corrected chi connectivity index (χ0v) is 17.2. The average molecular weight is 447 g/mol. The molecule has 1 aliphatic carbocycles. The maximum absolute atomic E-state index is 12.3. The summed E-state index contributed by atoms with van der Waals surface area (Å²) in [7, 11) is 0. The Hall–Kier alpha value is -2.06. The highest BCUT2D eigenvalue weighted by Crippen LogP contribution is 2.40. The van der Waals surface area contributed by atoms with Gasteiger partial charge in [0, 0.05) is 16.1 Å². The van der Waals surface area contributed by atoms with Gasteiger partial charge in [-0.05, 0) is 55.7 Å². The van der Waals surface area contributed by atoms with Gasteiger partial charge in [-0.3, -0.25) is 9.36 Å². The zero-order chi connectivity index (χ0) is 18.8. The second kappa shape index (κ2) is 7.90. The molecular formula is C19H19BrN4O2S. The molecule has 0 saturated heterocycles. The van der Waals surface area contributed by atoms with Gasteiger partial charge in [0.05, 0.1) is 18.6 Å². The predicted molar refractivity (Wildman–Crippen MR) is 108 cm³/mol. The Balaban J connectivity index is 1.43. The van der Waals surface area contributed by atoms with E-state index in [1.54, 1.807) is 6.26 Å². The minimum atomic E-state index is -0.0674. The van der Waals surface area contributed by atoms with Crippen LogP contribution >= 0.6 is 27.7 Å². The molecule has 4 rings (SSSR count). The molecule has 1 amide bonds. The molecule has 1 aromatic carbocycles. The summed E-state index contributed by atoms with van der Waals surface area (Å²) in [6, 6.07) is 9.56. The summed E-state index contributed by atoms with van der Waals surface area (Å²) >= 11 is 4.86. The lowest BCUT2D eigenvalue weighted by atomic mass is 10.2. The van der Waals surface area contributed by atoms with E-state index >= 15 is 0 Å². The summed E-state index contributed by atoms with van der Waals surface area (Å²) in [5.74, 6) is 2.52. The Morgan fingerprint density at radius 1 is 1.37 bits per heavy atom. The van der Waals surface area contributed by atoms with E-state index in [4.69, 9.17) is 4.42 Å². The van der Waals surface area contributed by atoms with Crippen molar-refractivity contribution in [1.82, 2.24) is 14.8 Å². The van der Waals surface area contributed by atoms with Gasteiger partial charge in [-0.15, -0.1) is 10.2 Å². The van der Waals surface area contributed by atoms with Crippen molar-refractivity contribution in [3.63, 3.8) is 0 Å². The molecule has 6 nitrogen and oxygen atoms in total. The first kappa shape index (κ1) is 18.3. The van der Waals surface area contributed by atoms with Crippen LogP contribution in [0.5, 0.6) is 0 Å². The van der Waals surface area contributed by atoms with Crippen LogP contribution in [0.4, 0.5) is 5.69 Å². The normalized spacial score (nSPS) is 13.7. The molecule has 140 valence electrons. The van der Waals surface area contributed by atoms with Crippen molar-refractivity contribution >= 4 is 39.3 Å². The van der Waals surface area contributed by atoms with E-state index in [0.717, 1.165) is 45.3 Å². The van der Waals surface area contributed by atoms with Gasteiger partial charge >= 0.3 is 0 Å². The second-order valence-corrected chi connectivity index (χ2v) is 8.38. The van der Waals surface area contributed by atoms with Gasteiger partial charge in [0.25, 0.3) is 0 Å². The minimum Gasteiger partial charge on any atom is -0.467 e. The van der Waals surface area contributed by atoms with Gasteiger partial charge in [0.1, 0.15) is 11.6 Å². The second-order valence-electron chi connectivity index (χ2n) is 6.58. The monoisotopic (exact) mass is 446 g/mol. The number of carbonyl (C=O) groups is 1. The number of rotatable bonds is 7. The molecule has 2 aromatic heterocycles. The molecule has 0 bridgehead atoms. The Morgan fingerprint density at radius 3 is 2.93 bits per heavy atom. The molecule has 0 aliphatic heterocycles. The van der Waals surface area contributed by atoms with Gasteiger partial charge in [-0.25, -0.2) is 0 Å². The smallest absolute Gasteiger partial charge is 0.234 e. The van der Waals surface area contributed by atoms with Crippen molar-refractivity contribution in [3.05, 3.63) is 58.2 Å². The summed E-state index contributed by atoms with van der Waals surface area (Å²) in [6.07, 6.45) is 3.95. The van der Waals surface area contributed by atoms with Crippen LogP contribution in [0.3, 0.4) is 0 Å². The molecule has 0 unspecified atom stereocenters. The molecule has 3 aromatic rings. The fourth-order valence-electron chi connectivity index (χ4n) is 2.81. The zero-order valence-electron chi connectivity index (χ0n) is 14.8. The van der Waals surface area contributed by atoms with Crippen molar-refractivity contribution in [1.29, 1.82) is 0 Å². The maximum Gasteiger partial charge on any atom is 0.234 e. The number of amides is 1. The van der Waals surface area contributed by atoms with Crippen molar-refractivity contribution in [2.75, 3.05) is 11.1 Å². The number of benzene rings is 1. The first-order valence-corrected chi connectivity index (χ1v) is 10.5. The molecule has 8 heteroatoms. The third kappa shape index (κ3) is 4.44. The summed E-state index contributed by atoms with van der Waals surface area (Å²) in [5, 5.41) is 12.3. The predicted octanol–water partition coefficient (Wildman–Crippen LogP) is 4.60. The van der Waals surface area contributed by atoms with Gasteiger partial charge in [0.2, 0.25) is 5.91 Å². The Bertz CT molecular complexity index is 951. The highest BCUT2D eigenvalue weighted by molar-refractivity contribution is 9.10. The number of hydrogen-bond acceptors (Lipinski definition) is 5. The fraction of sp³-hybridized carbons (Fsp3) is 0.316. The Labute approximate surface area is 169 Å². The maximum atomic E-state index is 12.3. The number of aryl methyl sites for hydroxylation is 1. The quantitative estimate of drug-likeness (QED) is 0.536. The van der Waals surface area contributed by atoms with Crippen molar-refractivity contribution in [3.8, 4) is 0 Å². The SMILES string of the molecule is Cc1cc(NC(=O)CSc2nnc(C3CC3)n2Cc2ccco2)ccc1Br. The van der Waals surface area contributed by atoms with E-state index in [1.165, 1.54) is 11.8 Å². The van der Waals surface area contributed by atoms with Gasteiger partial charge in [0.15, 0.2) is 5.16 Å². The van der Waals surface area contributed by atoms with E-state index < -0.39 is 0 Å². The summed E-state index contributed by atoms with van der Waals surface area (Å²) in [5.41, 5.74) is 1.87. The highest BCUT2D eigenvalue weighted by atomic mass is 79.9. The van der Waals surface area contributed by atoms with Crippen LogP contribution in [-0.4, -0.2) is 26.4 Å². The molecule has 0 spiro atoms. The lowest BCUT2D eigenvalue weighted by molar-refractivity contribution is -0.113. The third-order valence-electron chi connectivity index (χ3n) is 4.36. The van der Waals surface area contributed by atoms with Crippen LogP contribution < -0.4 is 5.32 Å². The third-order valence-corrected chi connectivity index (χ3v) is 6.21. The molecule has 1 fully saturated rings. The first-order chi connectivity index (χ1) is 13.1. The van der Waals surface area contributed by atoms with Crippen molar-refractivity contribution < 1.29 is 9.21 Å². The molecule has 2 heterocycles. The Kier molecular flexibility index (Phi) is 5.36. The number of nitrogens with zero attached hydrogens (tertiary/aromatic N) is 3. The molecule has 1 aliphatic rings. The van der Waals surface area contributed by atoms with Gasteiger partial charge in [-0.2, -0.15) is 0 Å². The number of carbonyl (C=O) groups excluding carboxylic acids is 1. The fourth-order valence-corrected chi connectivity index (χ4v) is 3.80. The average Bonchev–Trinajstić information content (AvgIpc) is 3.21.